The first-order valence-electron chi connectivity index (χ1n) is 14.7. The van der Waals surface area contributed by atoms with Gasteiger partial charge in [0.15, 0.2) is 23.0 Å². The van der Waals surface area contributed by atoms with Gasteiger partial charge in [-0.05, 0) is 99.6 Å². The molecule has 2 atom stereocenters. The normalized spacial score (nSPS) is 18.8. The van der Waals surface area contributed by atoms with Crippen molar-refractivity contribution < 1.29 is 39.4 Å². The van der Waals surface area contributed by atoms with E-state index in [9.17, 15) is 20.4 Å². The van der Waals surface area contributed by atoms with E-state index in [0.717, 1.165) is 62.5 Å². The molecule has 2 fully saturated rings. The lowest BCUT2D eigenvalue weighted by atomic mass is 9.71. The summed E-state index contributed by atoms with van der Waals surface area (Å²) in [5, 5.41) is 42.0. The average Bonchev–Trinajstić information content (AvgIpc) is 3.48. The largest absolute Gasteiger partial charge is 0.504 e. The van der Waals surface area contributed by atoms with Gasteiger partial charge in [-0.3, -0.25) is 0 Å². The quantitative estimate of drug-likeness (QED) is 0.220. The third-order valence-corrected chi connectivity index (χ3v) is 8.93. The van der Waals surface area contributed by atoms with Crippen LogP contribution in [0.1, 0.15) is 81.8 Å². The first kappa shape index (κ1) is 30.3. The monoisotopic (exact) mass is 558 g/mol. The molecule has 8 heteroatoms. The fourth-order valence-corrected chi connectivity index (χ4v) is 6.68. The number of phenols is 2. The molecule has 8 nitrogen and oxygen atoms in total. The van der Waals surface area contributed by atoms with Crippen LogP contribution in [0, 0.1) is 5.41 Å². The number of benzene rings is 2. The molecule has 2 aliphatic rings. The van der Waals surface area contributed by atoms with E-state index >= 15 is 0 Å². The number of hydrogen-bond donors (Lipinski definition) is 4. The van der Waals surface area contributed by atoms with Gasteiger partial charge in [-0.15, -0.1) is 0 Å². The molecule has 2 saturated carbocycles. The maximum atomic E-state index is 11.6. The maximum Gasteiger partial charge on any atom is 0.200 e. The summed E-state index contributed by atoms with van der Waals surface area (Å²) in [6.45, 7) is -0.406. The SMILES string of the molecule is COc1cc(CCC(O)C2(C(CCc3ccc(O)c(OC4CCCCC4)c3)OCO)CCCC2)cc(OC)c1O. The molecule has 0 radical (unpaired) electrons. The molecule has 0 bridgehead atoms. The van der Waals surface area contributed by atoms with Gasteiger partial charge in [0, 0.05) is 5.41 Å². The summed E-state index contributed by atoms with van der Waals surface area (Å²) in [6.07, 6.45) is 10.8. The summed E-state index contributed by atoms with van der Waals surface area (Å²) in [7, 11) is 2.99. The molecule has 0 aliphatic heterocycles. The second-order valence-electron chi connectivity index (χ2n) is 11.3. The van der Waals surface area contributed by atoms with E-state index in [1.807, 2.05) is 12.1 Å². The number of aryl methyl sites for hydroxylation is 2. The van der Waals surface area contributed by atoms with Crippen molar-refractivity contribution in [2.24, 2.45) is 5.41 Å². The standard InChI is InChI=1S/C32H46O8/c1-37-27-19-23(20-28(38-2)31(27)36)11-14-29(35)32(16-6-7-17-32)30(39-21-33)15-12-22-10-13-25(34)26(18-22)40-24-8-4-3-5-9-24/h10,13,18-20,24,29-30,33-36H,3-9,11-12,14-17,21H2,1-2H3. The van der Waals surface area contributed by atoms with Gasteiger partial charge in [0.1, 0.15) is 6.79 Å². The number of aromatic hydroxyl groups is 2. The number of rotatable bonds is 14. The molecule has 222 valence electrons. The molecule has 0 aromatic heterocycles. The van der Waals surface area contributed by atoms with Crippen molar-refractivity contribution in [1.29, 1.82) is 0 Å². The van der Waals surface area contributed by atoms with Crippen molar-refractivity contribution in [2.45, 2.75) is 102 Å². The fourth-order valence-electron chi connectivity index (χ4n) is 6.68. The number of methoxy groups -OCH3 is 2. The summed E-state index contributed by atoms with van der Waals surface area (Å²) in [5.74, 6) is 1.31. The number of phenolic OH excluding ortho intramolecular Hbond substituents is 2. The zero-order valence-corrected chi connectivity index (χ0v) is 23.9. The second kappa shape index (κ2) is 14.3. The molecule has 0 saturated heterocycles. The maximum absolute atomic E-state index is 11.6. The van der Waals surface area contributed by atoms with Crippen molar-refractivity contribution in [3.63, 3.8) is 0 Å². The van der Waals surface area contributed by atoms with Gasteiger partial charge in [-0.2, -0.15) is 0 Å². The Kier molecular flexibility index (Phi) is 10.8. The number of ether oxygens (including phenoxy) is 4. The van der Waals surface area contributed by atoms with Crippen LogP contribution in [0.5, 0.6) is 28.7 Å². The molecule has 40 heavy (non-hydrogen) atoms. The summed E-state index contributed by atoms with van der Waals surface area (Å²) < 4.78 is 22.7. The summed E-state index contributed by atoms with van der Waals surface area (Å²) in [6, 6.07) is 9.05. The molecular weight excluding hydrogens is 512 g/mol. The highest BCUT2D eigenvalue weighted by atomic mass is 16.6. The van der Waals surface area contributed by atoms with E-state index in [2.05, 4.69) is 0 Å². The predicted octanol–water partition coefficient (Wildman–Crippen LogP) is 5.65. The average molecular weight is 559 g/mol. The molecule has 0 heterocycles. The molecule has 2 aromatic rings. The van der Waals surface area contributed by atoms with Crippen LogP contribution in [-0.2, 0) is 17.6 Å². The van der Waals surface area contributed by atoms with E-state index in [1.165, 1.54) is 20.6 Å². The van der Waals surface area contributed by atoms with Crippen molar-refractivity contribution in [2.75, 3.05) is 21.0 Å². The van der Waals surface area contributed by atoms with Crippen LogP contribution < -0.4 is 14.2 Å². The van der Waals surface area contributed by atoms with Crippen LogP contribution in [0.2, 0.25) is 0 Å². The molecule has 0 spiro atoms. The van der Waals surface area contributed by atoms with Gasteiger partial charge in [0.2, 0.25) is 5.75 Å². The Morgan fingerprint density at radius 2 is 1.45 bits per heavy atom. The van der Waals surface area contributed by atoms with Crippen LogP contribution in [0.3, 0.4) is 0 Å². The second-order valence-corrected chi connectivity index (χ2v) is 11.3. The lowest BCUT2D eigenvalue weighted by Gasteiger charge is -2.41. The van der Waals surface area contributed by atoms with Gasteiger partial charge in [-0.1, -0.05) is 25.3 Å². The fraction of sp³-hybridized carbons (Fsp3) is 0.625. The molecular formula is C32H46O8. The van der Waals surface area contributed by atoms with E-state index in [4.69, 9.17) is 18.9 Å². The van der Waals surface area contributed by atoms with Gasteiger partial charge in [0.05, 0.1) is 32.5 Å². The Morgan fingerprint density at radius 3 is 2.08 bits per heavy atom. The smallest absolute Gasteiger partial charge is 0.200 e. The van der Waals surface area contributed by atoms with Gasteiger partial charge in [0.25, 0.3) is 0 Å². The van der Waals surface area contributed by atoms with E-state index in [0.29, 0.717) is 42.9 Å². The number of aliphatic hydroxyl groups is 2. The first-order chi connectivity index (χ1) is 19.4. The Hall–Kier alpha value is -2.68. The first-order valence-corrected chi connectivity index (χ1v) is 14.7. The Labute approximate surface area is 237 Å². The predicted molar refractivity (Wildman–Crippen MR) is 152 cm³/mol. The van der Waals surface area contributed by atoms with Gasteiger partial charge >= 0.3 is 0 Å². The minimum atomic E-state index is -0.637. The highest BCUT2D eigenvalue weighted by Crippen LogP contribution is 2.48. The van der Waals surface area contributed by atoms with Crippen molar-refractivity contribution in [3.8, 4) is 28.7 Å². The molecule has 2 aromatic carbocycles. The van der Waals surface area contributed by atoms with E-state index in [-0.39, 0.29) is 23.7 Å². The van der Waals surface area contributed by atoms with Crippen molar-refractivity contribution in [3.05, 3.63) is 41.5 Å². The van der Waals surface area contributed by atoms with Crippen LogP contribution in [0.25, 0.3) is 0 Å². The number of aliphatic hydroxyl groups excluding tert-OH is 2. The zero-order chi connectivity index (χ0) is 28.5. The van der Waals surface area contributed by atoms with E-state index in [1.54, 1.807) is 18.2 Å². The van der Waals surface area contributed by atoms with Crippen LogP contribution in [0.4, 0.5) is 0 Å². The van der Waals surface area contributed by atoms with E-state index < -0.39 is 18.3 Å². The molecule has 4 rings (SSSR count). The van der Waals surface area contributed by atoms with Crippen molar-refractivity contribution >= 4 is 0 Å². The zero-order valence-electron chi connectivity index (χ0n) is 23.9. The molecule has 4 N–H and O–H groups in total. The molecule has 0 amide bonds. The van der Waals surface area contributed by atoms with Crippen LogP contribution in [0.15, 0.2) is 30.3 Å². The van der Waals surface area contributed by atoms with Gasteiger partial charge in [-0.25, -0.2) is 0 Å². The minimum absolute atomic E-state index is 0.0421. The molecule has 2 unspecified atom stereocenters. The Bertz CT molecular complexity index is 1050. The van der Waals surface area contributed by atoms with Crippen LogP contribution >= 0.6 is 0 Å². The molecule has 2 aliphatic carbocycles. The lowest BCUT2D eigenvalue weighted by Crippen LogP contribution is -2.45. The third kappa shape index (κ3) is 7.14. The Balaban J connectivity index is 1.45. The van der Waals surface area contributed by atoms with Crippen LogP contribution in [-0.4, -0.2) is 59.8 Å². The van der Waals surface area contributed by atoms with Crippen molar-refractivity contribution in [1.82, 2.24) is 0 Å². The number of hydrogen-bond acceptors (Lipinski definition) is 8. The lowest BCUT2D eigenvalue weighted by molar-refractivity contribution is -0.144. The third-order valence-electron chi connectivity index (χ3n) is 8.93. The summed E-state index contributed by atoms with van der Waals surface area (Å²) in [4.78, 5) is 0. The minimum Gasteiger partial charge on any atom is -0.504 e. The summed E-state index contributed by atoms with van der Waals surface area (Å²) >= 11 is 0. The van der Waals surface area contributed by atoms with Gasteiger partial charge < -0.3 is 39.4 Å². The highest BCUT2D eigenvalue weighted by Gasteiger charge is 2.47. The highest BCUT2D eigenvalue weighted by molar-refractivity contribution is 5.52. The topological polar surface area (TPSA) is 118 Å². The summed E-state index contributed by atoms with van der Waals surface area (Å²) in [5.41, 5.74) is 1.46. The Morgan fingerprint density at radius 1 is 0.825 bits per heavy atom.